The van der Waals surface area contributed by atoms with E-state index in [4.69, 9.17) is 26.2 Å². The Labute approximate surface area is 202 Å². The number of carbonyl (C=O) groups is 1. The summed E-state index contributed by atoms with van der Waals surface area (Å²) < 4.78 is 13.4. The van der Waals surface area contributed by atoms with Gasteiger partial charge in [-0.3, -0.25) is 4.79 Å². The van der Waals surface area contributed by atoms with Crippen LogP contribution in [-0.4, -0.2) is 22.2 Å². The highest BCUT2D eigenvalue weighted by Crippen LogP contribution is 2.35. The molecule has 1 aliphatic heterocycles. The van der Waals surface area contributed by atoms with Gasteiger partial charge in [-0.15, -0.1) is 0 Å². The molecule has 0 saturated heterocycles. The van der Waals surface area contributed by atoms with Gasteiger partial charge < -0.3 is 9.47 Å². The summed E-state index contributed by atoms with van der Waals surface area (Å²) >= 11 is 6.08. The monoisotopic (exact) mass is 468 g/mol. The Hall–Kier alpha value is -4.09. The van der Waals surface area contributed by atoms with Crippen molar-refractivity contribution in [3.8, 4) is 28.4 Å². The number of benzene rings is 3. The lowest BCUT2D eigenvalue weighted by atomic mass is 10.0. The molecule has 0 bridgehead atoms. The number of fused-ring (bicyclic) bond motifs is 1. The standard InChI is InChI=1S/C28H21ClN2O3/c1-3-13-33-24-11-9-19(14-18(24)2)27-20(17-31(30-27)22-7-5-4-6-8-22)15-26-28(32)23-16-21(29)10-12-25(23)34-26/h3-12,14-17H,1,13H2,2H3/b26-15-. The van der Waals surface area contributed by atoms with Crippen LogP contribution in [0.5, 0.6) is 11.5 Å². The molecule has 0 radical (unpaired) electrons. The van der Waals surface area contributed by atoms with Crippen LogP contribution < -0.4 is 9.47 Å². The van der Waals surface area contributed by atoms with Crippen LogP contribution in [0.4, 0.5) is 0 Å². The number of ether oxygens (including phenoxy) is 2. The van der Waals surface area contributed by atoms with Gasteiger partial charge in [-0.2, -0.15) is 5.10 Å². The third-order valence-corrected chi connectivity index (χ3v) is 5.72. The molecule has 0 fully saturated rings. The van der Waals surface area contributed by atoms with E-state index in [0.29, 0.717) is 22.9 Å². The predicted octanol–water partition coefficient (Wildman–Crippen LogP) is 6.68. The molecule has 0 N–H and O–H groups in total. The predicted molar refractivity (Wildman–Crippen MR) is 134 cm³/mol. The molecular weight excluding hydrogens is 448 g/mol. The summed E-state index contributed by atoms with van der Waals surface area (Å²) in [5.41, 5.74) is 4.71. The molecule has 1 aliphatic rings. The molecule has 168 valence electrons. The number of carbonyl (C=O) groups excluding carboxylic acids is 1. The fourth-order valence-electron chi connectivity index (χ4n) is 3.84. The van der Waals surface area contributed by atoms with E-state index in [1.165, 1.54) is 0 Å². The van der Waals surface area contributed by atoms with Crippen molar-refractivity contribution in [3.63, 3.8) is 0 Å². The van der Waals surface area contributed by atoms with Crippen LogP contribution in [-0.2, 0) is 0 Å². The SMILES string of the molecule is C=CCOc1ccc(-c2nn(-c3ccccc3)cc2/C=C2\Oc3ccc(Cl)cc3C2=O)cc1C. The summed E-state index contributed by atoms with van der Waals surface area (Å²) in [6, 6.07) is 20.7. The van der Waals surface area contributed by atoms with E-state index in [0.717, 1.165) is 33.8 Å². The van der Waals surface area contributed by atoms with Crippen molar-refractivity contribution in [2.24, 2.45) is 0 Å². The maximum atomic E-state index is 13.0. The number of aromatic nitrogens is 2. The smallest absolute Gasteiger partial charge is 0.232 e. The molecule has 1 aromatic heterocycles. The van der Waals surface area contributed by atoms with E-state index >= 15 is 0 Å². The van der Waals surface area contributed by atoms with E-state index < -0.39 is 0 Å². The summed E-state index contributed by atoms with van der Waals surface area (Å²) in [6.07, 6.45) is 5.33. The number of halogens is 1. The van der Waals surface area contributed by atoms with Crippen LogP contribution in [0.3, 0.4) is 0 Å². The summed E-state index contributed by atoms with van der Waals surface area (Å²) in [5, 5.41) is 5.33. The molecule has 0 unspecified atom stereocenters. The third-order valence-electron chi connectivity index (χ3n) is 5.48. The minimum absolute atomic E-state index is 0.208. The maximum Gasteiger partial charge on any atom is 0.232 e. The number of Topliss-reactive ketones (excluding diaryl/α,β-unsaturated/α-hetero) is 1. The number of nitrogens with zero attached hydrogens (tertiary/aromatic N) is 2. The Morgan fingerprint density at radius 2 is 1.94 bits per heavy atom. The molecule has 6 heteroatoms. The van der Waals surface area contributed by atoms with Gasteiger partial charge >= 0.3 is 0 Å². The first-order chi connectivity index (χ1) is 16.5. The summed E-state index contributed by atoms with van der Waals surface area (Å²) in [5.74, 6) is 1.30. The first-order valence-corrected chi connectivity index (χ1v) is 11.1. The zero-order valence-corrected chi connectivity index (χ0v) is 19.3. The number of para-hydroxylation sites is 1. The van der Waals surface area contributed by atoms with Crippen LogP contribution in [0, 0.1) is 6.92 Å². The lowest BCUT2D eigenvalue weighted by Crippen LogP contribution is -1.98. The van der Waals surface area contributed by atoms with E-state index in [2.05, 4.69) is 6.58 Å². The zero-order chi connectivity index (χ0) is 23.7. The molecule has 3 aromatic carbocycles. The van der Waals surface area contributed by atoms with Gasteiger partial charge in [-0.1, -0.05) is 42.5 Å². The van der Waals surface area contributed by atoms with Gasteiger partial charge in [-0.25, -0.2) is 4.68 Å². The highest BCUT2D eigenvalue weighted by atomic mass is 35.5. The van der Waals surface area contributed by atoms with Gasteiger partial charge in [0.1, 0.15) is 23.8 Å². The highest BCUT2D eigenvalue weighted by Gasteiger charge is 2.28. The summed E-state index contributed by atoms with van der Waals surface area (Å²) in [7, 11) is 0. The van der Waals surface area contributed by atoms with Gasteiger partial charge in [-0.05, 0) is 67.1 Å². The second-order valence-corrected chi connectivity index (χ2v) is 8.31. The van der Waals surface area contributed by atoms with Crippen LogP contribution in [0.2, 0.25) is 5.02 Å². The minimum atomic E-state index is -0.208. The number of rotatable bonds is 6. The summed E-state index contributed by atoms with van der Waals surface area (Å²) in [4.78, 5) is 13.0. The summed E-state index contributed by atoms with van der Waals surface area (Å²) in [6.45, 7) is 6.12. The molecule has 0 amide bonds. The van der Waals surface area contributed by atoms with Gasteiger partial charge in [0.25, 0.3) is 0 Å². The van der Waals surface area contributed by atoms with E-state index in [1.54, 1.807) is 35.0 Å². The number of hydrogen-bond acceptors (Lipinski definition) is 4. The number of allylic oxidation sites excluding steroid dienone is 1. The lowest BCUT2D eigenvalue weighted by molar-refractivity contribution is 0.101. The Balaban J connectivity index is 1.59. The van der Waals surface area contributed by atoms with Crippen molar-refractivity contribution in [3.05, 3.63) is 113 Å². The molecule has 5 rings (SSSR count). The molecule has 0 saturated carbocycles. The van der Waals surface area contributed by atoms with Gasteiger partial charge in [0.05, 0.1) is 11.3 Å². The van der Waals surface area contributed by atoms with E-state index in [9.17, 15) is 4.79 Å². The van der Waals surface area contributed by atoms with Crippen LogP contribution >= 0.6 is 11.6 Å². The Kier molecular flexibility index (Phi) is 5.78. The third kappa shape index (κ3) is 4.14. The average Bonchev–Trinajstić information content (AvgIpc) is 3.40. The number of aryl methyl sites for hydroxylation is 1. The maximum absolute atomic E-state index is 13.0. The van der Waals surface area contributed by atoms with Gasteiger partial charge in [0, 0.05) is 22.3 Å². The topological polar surface area (TPSA) is 53.4 Å². The van der Waals surface area contributed by atoms with Crippen molar-refractivity contribution in [1.29, 1.82) is 0 Å². The molecule has 0 spiro atoms. The molecule has 4 aromatic rings. The van der Waals surface area contributed by atoms with Gasteiger partial charge in [0.2, 0.25) is 5.78 Å². The van der Waals surface area contributed by atoms with Crippen molar-refractivity contribution in [1.82, 2.24) is 9.78 Å². The first-order valence-electron chi connectivity index (χ1n) is 10.8. The average molecular weight is 469 g/mol. The largest absolute Gasteiger partial charge is 0.489 e. The Bertz CT molecular complexity index is 1440. The van der Waals surface area contributed by atoms with Gasteiger partial charge in [0.15, 0.2) is 5.76 Å². The number of hydrogen-bond donors (Lipinski definition) is 0. The van der Waals surface area contributed by atoms with Crippen molar-refractivity contribution in [2.75, 3.05) is 6.61 Å². The van der Waals surface area contributed by atoms with Crippen molar-refractivity contribution in [2.45, 2.75) is 6.92 Å². The van der Waals surface area contributed by atoms with E-state index in [1.807, 2.05) is 61.7 Å². The molecule has 5 nitrogen and oxygen atoms in total. The molecule has 34 heavy (non-hydrogen) atoms. The molecule has 0 aliphatic carbocycles. The van der Waals surface area contributed by atoms with Crippen molar-refractivity contribution >= 4 is 23.5 Å². The van der Waals surface area contributed by atoms with Crippen LogP contribution in [0.25, 0.3) is 23.0 Å². The normalized spacial score (nSPS) is 13.6. The Morgan fingerprint density at radius 1 is 1.12 bits per heavy atom. The zero-order valence-electron chi connectivity index (χ0n) is 18.5. The molecule has 0 atom stereocenters. The minimum Gasteiger partial charge on any atom is -0.489 e. The van der Waals surface area contributed by atoms with Crippen LogP contribution in [0.1, 0.15) is 21.5 Å². The highest BCUT2D eigenvalue weighted by molar-refractivity contribution is 6.31. The molecule has 2 heterocycles. The van der Waals surface area contributed by atoms with Crippen LogP contribution in [0.15, 0.2) is 91.3 Å². The second kappa shape index (κ2) is 9.04. The second-order valence-electron chi connectivity index (χ2n) is 7.87. The molecular formula is C28H21ClN2O3. The Morgan fingerprint density at radius 3 is 2.71 bits per heavy atom. The first kappa shape index (κ1) is 21.7. The fraction of sp³-hybridized carbons (Fsp3) is 0.0714. The van der Waals surface area contributed by atoms with Crippen molar-refractivity contribution < 1.29 is 14.3 Å². The lowest BCUT2D eigenvalue weighted by Gasteiger charge is -2.09. The number of ketones is 1. The quantitative estimate of drug-likeness (QED) is 0.234. The fourth-order valence-corrected chi connectivity index (χ4v) is 4.01. The van der Waals surface area contributed by atoms with E-state index in [-0.39, 0.29) is 11.5 Å².